The summed E-state index contributed by atoms with van der Waals surface area (Å²) in [4.78, 5) is 26.1. The summed E-state index contributed by atoms with van der Waals surface area (Å²) in [5, 5.41) is 10.9. The van der Waals surface area contributed by atoms with Gasteiger partial charge in [-0.15, -0.1) is 0 Å². The third kappa shape index (κ3) is 5.60. The van der Waals surface area contributed by atoms with E-state index >= 15 is 4.39 Å². The predicted octanol–water partition coefficient (Wildman–Crippen LogP) is 5.54. The fourth-order valence-corrected chi connectivity index (χ4v) is 7.22. The van der Waals surface area contributed by atoms with Crippen LogP contribution in [0.2, 0.25) is 0 Å². The predicted molar refractivity (Wildman–Crippen MR) is 169 cm³/mol. The monoisotopic (exact) mass is 610 g/mol. The van der Waals surface area contributed by atoms with Gasteiger partial charge in [-0.25, -0.2) is 20.3 Å². The minimum absolute atomic E-state index is 0.0561. The molecule has 10 heteroatoms. The number of halogens is 2. The van der Waals surface area contributed by atoms with Gasteiger partial charge in [-0.1, -0.05) is 37.8 Å². The second kappa shape index (κ2) is 12.5. The Hall–Kier alpha value is -4.54. The number of aromatic nitrogens is 1. The third-order valence-corrected chi connectivity index (χ3v) is 9.51. The molecule has 1 aromatic heterocycles. The van der Waals surface area contributed by atoms with E-state index in [0.29, 0.717) is 29.2 Å². The van der Waals surface area contributed by atoms with Crippen molar-refractivity contribution in [2.45, 2.75) is 44.7 Å². The largest absolute Gasteiger partial charge is 0.475 e. The van der Waals surface area contributed by atoms with Crippen LogP contribution in [0.25, 0.3) is 26.9 Å². The number of fused-ring (bicyclic) bond motifs is 2. The Kier molecular flexibility index (Phi) is 8.44. The number of likely N-dealkylation sites (N-methyl/N-ethyl adjacent to an activating group) is 1. The second-order valence-corrected chi connectivity index (χ2v) is 12.5. The van der Waals surface area contributed by atoms with Crippen molar-refractivity contribution >= 4 is 22.5 Å². The lowest BCUT2D eigenvalue weighted by Gasteiger charge is -2.40. The zero-order chi connectivity index (χ0) is 31.8. The van der Waals surface area contributed by atoms with Crippen molar-refractivity contribution in [2.75, 3.05) is 51.3 Å². The van der Waals surface area contributed by atoms with Gasteiger partial charge in [0.05, 0.1) is 5.69 Å². The van der Waals surface area contributed by atoms with Crippen LogP contribution in [0.5, 0.6) is 5.88 Å². The number of likely N-dealkylation sites (tertiary alicyclic amines) is 1. The topological polar surface area (TPSA) is 77.1 Å². The molecule has 1 amide bonds. The Morgan fingerprint density at radius 1 is 1.20 bits per heavy atom. The Labute approximate surface area is 262 Å². The van der Waals surface area contributed by atoms with Crippen molar-refractivity contribution in [3.8, 4) is 23.1 Å². The van der Waals surface area contributed by atoms with Crippen LogP contribution < -0.4 is 9.64 Å². The maximum Gasteiger partial charge on any atom is 0.282 e. The van der Waals surface area contributed by atoms with Gasteiger partial charge in [0.15, 0.2) is 11.6 Å². The molecule has 1 unspecified atom stereocenters. The number of nitrogens with zero attached hydrogens (tertiary/aromatic N) is 6. The zero-order valence-corrected chi connectivity index (χ0v) is 25.7. The van der Waals surface area contributed by atoms with E-state index in [1.165, 1.54) is 10.5 Å². The van der Waals surface area contributed by atoms with Crippen LogP contribution in [0.4, 0.5) is 14.5 Å². The molecule has 232 valence electrons. The number of anilines is 1. The highest BCUT2D eigenvalue weighted by Crippen LogP contribution is 2.42. The van der Waals surface area contributed by atoms with E-state index in [1.807, 2.05) is 24.1 Å². The molecule has 1 aliphatic carbocycles. The van der Waals surface area contributed by atoms with Crippen molar-refractivity contribution in [1.82, 2.24) is 14.8 Å². The van der Waals surface area contributed by atoms with Gasteiger partial charge in [-0.2, -0.15) is 5.26 Å². The van der Waals surface area contributed by atoms with Gasteiger partial charge in [0.1, 0.15) is 29.8 Å². The Morgan fingerprint density at radius 2 is 2.02 bits per heavy atom. The first-order valence-electron chi connectivity index (χ1n) is 15.5. The summed E-state index contributed by atoms with van der Waals surface area (Å²) in [6, 6.07) is 11.3. The highest BCUT2D eigenvalue weighted by molar-refractivity contribution is 5.99. The number of nitriles is 1. The van der Waals surface area contributed by atoms with Crippen molar-refractivity contribution in [2.24, 2.45) is 5.92 Å². The first-order valence-corrected chi connectivity index (χ1v) is 15.5. The summed E-state index contributed by atoms with van der Waals surface area (Å²) >= 11 is 0. The molecule has 3 heterocycles. The number of rotatable bonds is 7. The molecule has 2 fully saturated rings. The summed E-state index contributed by atoms with van der Waals surface area (Å²) in [6.07, 6.45) is 3.81. The standard InChI is InChI=1S/C35H36F2N6O2/c1-21-15-23-7-5-9-26(29(23)16-21)27-10-11-28-32(31(27)37)40-34(45-20-24-8-6-12-41(24)4)30(17-38)33(28)42-13-14-43(35(44)22(2)36)25(19-42)18-39-3/h5,7,9-11,21,24-25H,2,6,8,12-16,18-20H2,1,4H3/t21?,24-,25-/m0/s1. The molecule has 3 aliphatic rings. The average molecular weight is 611 g/mol. The quantitative estimate of drug-likeness (QED) is 0.258. The van der Waals surface area contributed by atoms with Crippen LogP contribution in [0.15, 0.2) is 42.7 Å². The molecule has 3 aromatic rings. The number of amides is 1. The molecule has 2 saturated heterocycles. The third-order valence-electron chi connectivity index (χ3n) is 9.51. The van der Waals surface area contributed by atoms with Crippen molar-refractivity contribution in [3.63, 3.8) is 0 Å². The first kappa shape index (κ1) is 30.5. The second-order valence-electron chi connectivity index (χ2n) is 12.5. The number of hydrogen-bond donors (Lipinski definition) is 0. The van der Waals surface area contributed by atoms with E-state index in [0.717, 1.165) is 43.4 Å². The van der Waals surface area contributed by atoms with Gasteiger partial charge in [-0.3, -0.25) is 4.79 Å². The van der Waals surface area contributed by atoms with Crippen LogP contribution in [0, 0.1) is 29.6 Å². The lowest BCUT2D eigenvalue weighted by atomic mass is 9.94. The van der Waals surface area contributed by atoms with Crippen LogP contribution in [-0.2, 0) is 17.6 Å². The van der Waals surface area contributed by atoms with Gasteiger partial charge >= 0.3 is 0 Å². The van der Waals surface area contributed by atoms with Crippen LogP contribution in [-0.4, -0.2) is 79.2 Å². The van der Waals surface area contributed by atoms with Crippen LogP contribution >= 0.6 is 0 Å². The Morgan fingerprint density at radius 3 is 2.73 bits per heavy atom. The van der Waals surface area contributed by atoms with Crippen molar-refractivity contribution < 1.29 is 18.3 Å². The molecule has 0 saturated carbocycles. The fraction of sp³-hybridized carbons (Fsp3) is 0.429. The molecule has 0 radical (unpaired) electrons. The fourth-order valence-electron chi connectivity index (χ4n) is 7.22. The number of piperazine rings is 1. The summed E-state index contributed by atoms with van der Waals surface area (Å²) in [6.45, 7) is 14.5. The van der Waals surface area contributed by atoms with Crippen LogP contribution in [0.3, 0.4) is 0 Å². The highest BCUT2D eigenvalue weighted by Gasteiger charge is 2.36. The summed E-state index contributed by atoms with van der Waals surface area (Å²) < 4.78 is 36.9. The van der Waals surface area contributed by atoms with E-state index < -0.39 is 23.6 Å². The SMILES string of the molecule is [C-]#[N+]C[C@H]1CN(c2c(C#N)c(OC[C@@H]3CCCN3C)nc3c(F)c(-c4cccc5c4CC(C)C5)ccc23)CCN1C(=O)C(=C)F. The van der Waals surface area contributed by atoms with Gasteiger partial charge in [0.25, 0.3) is 5.91 Å². The molecule has 3 atom stereocenters. The molecular formula is C35H36F2N6O2. The molecule has 0 spiro atoms. The molecule has 2 aliphatic heterocycles. The molecule has 0 N–H and O–H groups in total. The number of pyridine rings is 1. The van der Waals surface area contributed by atoms with E-state index in [1.54, 1.807) is 12.1 Å². The smallest absolute Gasteiger partial charge is 0.282 e. The lowest BCUT2D eigenvalue weighted by Crippen LogP contribution is -2.56. The first-order chi connectivity index (χ1) is 21.7. The molecule has 0 bridgehead atoms. The van der Waals surface area contributed by atoms with E-state index in [-0.39, 0.29) is 49.2 Å². The zero-order valence-electron chi connectivity index (χ0n) is 25.7. The molecule has 8 nitrogen and oxygen atoms in total. The van der Waals surface area contributed by atoms with Crippen molar-refractivity contribution in [3.05, 3.63) is 76.7 Å². The minimum Gasteiger partial charge on any atom is -0.475 e. The summed E-state index contributed by atoms with van der Waals surface area (Å²) in [5.41, 5.74) is 4.37. The average Bonchev–Trinajstić information content (AvgIpc) is 3.63. The maximum atomic E-state index is 16.8. The number of carbonyl (C=O) groups is 1. The van der Waals surface area contributed by atoms with Gasteiger partial charge < -0.3 is 24.3 Å². The minimum atomic E-state index is -1.09. The summed E-state index contributed by atoms with van der Waals surface area (Å²) in [7, 11) is 2.03. The van der Waals surface area contributed by atoms with Crippen LogP contribution in [0.1, 0.15) is 36.5 Å². The molecular weight excluding hydrogens is 574 g/mol. The van der Waals surface area contributed by atoms with Gasteiger partial charge in [0, 0.05) is 36.6 Å². The van der Waals surface area contributed by atoms with E-state index in [2.05, 4.69) is 40.4 Å². The molecule has 6 rings (SSSR count). The van der Waals surface area contributed by atoms with E-state index in [9.17, 15) is 14.4 Å². The lowest BCUT2D eigenvalue weighted by molar-refractivity contribution is -0.131. The number of ether oxygens (including phenoxy) is 1. The highest BCUT2D eigenvalue weighted by atomic mass is 19.1. The van der Waals surface area contributed by atoms with Gasteiger partial charge in [0.2, 0.25) is 12.4 Å². The molecule has 45 heavy (non-hydrogen) atoms. The number of hydrogen-bond acceptors (Lipinski definition) is 6. The van der Waals surface area contributed by atoms with Crippen molar-refractivity contribution in [1.29, 1.82) is 5.26 Å². The molecule has 2 aromatic carbocycles. The Bertz CT molecular complexity index is 1760. The normalized spacial score (nSPS) is 21.4. The maximum absolute atomic E-state index is 16.8. The van der Waals surface area contributed by atoms with E-state index in [4.69, 9.17) is 11.3 Å². The van der Waals surface area contributed by atoms with Gasteiger partial charge in [-0.05, 0) is 68.0 Å². The Balaban J connectivity index is 1.48. The number of benzene rings is 2. The summed E-state index contributed by atoms with van der Waals surface area (Å²) in [5.74, 6) is -1.90. The number of carbonyl (C=O) groups excluding carboxylic acids is 1.